The Kier molecular flexibility index (Phi) is 4.39. The summed E-state index contributed by atoms with van der Waals surface area (Å²) in [7, 11) is 0. The standard InChI is InChI=1S/C18H18N4S/c1-12-6-5-9-16(13(12)2)21-18(23)22-20-11-14-10-19-17-8-4-3-7-15(14)17/h3-11,19H,1-2H3,(H2,21,22,23)/b20-11+. The number of fused-ring (bicyclic) bond motifs is 1. The molecule has 116 valence electrons. The molecule has 0 aliphatic rings. The molecule has 3 rings (SSSR count). The number of benzene rings is 2. The average Bonchev–Trinajstić information content (AvgIpc) is 2.95. The van der Waals surface area contributed by atoms with Gasteiger partial charge in [-0.15, -0.1) is 0 Å². The molecule has 4 nitrogen and oxygen atoms in total. The van der Waals surface area contributed by atoms with Gasteiger partial charge in [0.15, 0.2) is 5.11 Å². The van der Waals surface area contributed by atoms with Gasteiger partial charge >= 0.3 is 0 Å². The molecule has 0 bridgehead atoms. The minimum Gasteiger partial charge on any atom is -0.361 e. The van der Waals surface area contributed by atoms with E-state index in [9.17, 15) is 0 Å². The summed E-state index contributed by atoms with van der Waals surface area (Å²) in [5, 5.41) is 8.98. The summed E-state index contributed by atoms with van der Waals surface area (Å²) in [5.74, 6) is 0. The maximum atomic E-state index is 5.29. The van der Waals surface area contributed by atoms with Gasteiger partial charge in [-0.3, -0.25) is 5.43 Å². The zero-order chi connectivity index (χ0) is 16.2. The second-order valence-corrected chi connectivity index (χ2v) is 5.77. The molecular weight excluding hydrogens is 304 g/mol. The largest absolute Gasteiger partial charge is 0.361 e. The van der Waals surface area contributed by atoms with Crippen LogP contribution in [0, 0.1) is 13.8 Å². The van der Waals surface area contributed by atoms with Crippen molar-refractivity contribution in [2.45, 2.75) is 13.8 Å². The van der Waals surface area contributed by atoms with Gasteiger partial charge in [0.25, 0.3) is 0 Å². The fourth-order valence-corrected chi connectivity index (χ4v) is 2.56. The molecule has 0 atom stereocenters. The van der Waals surface area contributed by atoms with E-state index < -0.39 is 0 Å². The Morgan fingerprint density at radius 1 is 1.13 bits per heavy atom. The van der Waals surface area contributed by atoms with E-state index in [1.54, 1.807) is 6.21 Å². The zero-order valence-corrected chi connectivity index (χ0v) is 13.9. The molecule has 0 spiro atoms. The predicted molar refractivity (Wildman–Crippen MR) is 101 cm³/mol. The van der Waals surface area contributed by atoms with Crippen LogP contribution in [0.2, 0.25) is 0 Å². The molecule has 0 saturated carbocycles. The third-order valence-corrected chi connectivity index (χ3v) is 4.04. The summed E-state index contributed by atoms with van der Waals surface area (Å²) in [6, 6.07) is 14.2. The fourth-order valence-electron chi connectivity index (χ4n) is 2.40. The maximum Gasteiger partial charge on any atom is 0.191 e. The first-order chi connectivity index (χ1) is 11.1. The van der Waals surface area contributed by atoms with E-state index in [0.29, 0.717) is 5.11 Å². The summed E-state index contributed by atoms with van der Waals surface area (Å²) in [6.07, 6.45) is 3.69. The van der Waals surface area contributed by atoms with E-state index >= 15 is 0 Å². The topological polar surface area (TPSA) is 52.2 Å². The van der Waals surface area contributed by atoms with Crippen LogP contribution >= 0.6 is 12.2 Å². The number of H-pyrrole nitrogens is 1. The van der Waals surface area contributed by atoms with Crippen molar-refractivity contribution < 1.29 is 0 Å². The third kappa shape index (κ3) is 3.40. The zero-order valence-electron chi connectivity index (χ0n) is 13.1. The predicted octanol–water partition coefficient (Wildman–Crippen LogP) is 4.11. The quantitative estimate of drug-likeness (QED) is 0.386. The number of nitrogens with zero attached hydrogens (tertiary/aromatic N) is 1. The highest BCUT2D eigenvalue weighted by Crippen LogP contribution is 2.18. The van der Waals surface area contributed by atoms with E-state index in [0.717, 1.165) is 22.2 Å². The minimum atomic E-state index is 0.467. The van der Waals surface area contributed by atoms with Gasteiger partial charge in [-0.05, 0) is 49.3 Å². The summed E-state index contributed by atoms with van der Waals surface area (Å²) < 4.78 is 0. The number of anilines is 1. The highest BCUT2D eigenvalue weighted by atomic mass is 32.1. The number of hydrogen-bond acceptors (Lipinski definition) is 2. The van der Waals surface area contributed by atoms with Gasteiger partial charge in [0.05, 0.1) is 6.21 Å². The van der Waals surface area contributed by atoms with E-state index in [1.807, 2.05) is 36.5 Å². The SMILES string of the molecule is Cc1cccc(NC(=S)N/N=C/c2c[nH]c3ccccc23)c1C. The Bertz CT molecular complexity index is 880. The molecule has 0 fully saturated rings. The van der Waals surface area contributed by atoms with Crippen LogP contribution < -0.4 is 10.7 Å². The number of aryl methyl sites for hydroxylation is 1. The molecule has 2 aromatic carbocycles. The Morgan fingerprint density at radius 3 is 2.83 bits per heavy atom. The molecule has 0 saturated heterocycles. The summed E-state index contributed by atoms with van der Waals surface area (Å²) >= 11 is 5.29. The first-order valence-electron chi connectivity index (χ1n) is 7.37. The molecule has 1 heterocycles. The van der Waals surface area contributed by atoms with Crippen molar-refractivity contribution in [2.75, 3.05) is 5.32 Å². The van der Waals surface area contributed by atoms with Gasteiger partial charge < -0.3 is 10.3 Å². The molecule has 0 aliphatic heterocycles. The van der Waals surface area contributed by atoms with Crippen LogP contribution in [0.25, 0.3) is 10.9 Å². The third-order valence-electron chi connectivity index (χ3n) is 3.84. The lowest BCUT2D eigenvalue weighted by atomic mass is 10.1. The van der Waals surface area contributed by atoms with Crippen LogP contribution in [0.4, 0.5) is 5.69 Å². The van der Waals surface area contributed by atoms with Crippen molar-refractivity contribution in [3.8, 4) is 0 Å². The molecule has 0 unspecified atom stereocenters. The Morgan fingerprint density at radius 2 is 1.96 bits per heavy atom. The normalized spacial score (nSPS) is 11.0. The summed E-state index contributed by atoms with van der Waals surface area (Å²) in [4.78, 5) is 3.21. The molecular formula is C18H18N4S. The molecule has 0 aliphatic carbocycles. The molecule has 3 N–H and O–H groups in total. The van der Waals surface area contributed by atoms with Crippen LogP contribution in [0.3, 0.4) is 0 Å². The monoisotopic (exact) mass is 322 g/mol. The lowest BCUT2D eigenvalue weighted by Crippen LogP contribution is -2.24. The van der Waals surface area contributed by atoms with E-state index in [4.69, 9.17) is 12.2 Å². The van der Waals surface area contributed by atoms with Gasteiger partial charge in [0, 0.05) is 28.4 Å². The van der Waals surface area contributed by atoms with Crippen molar-refractivity contribution in [1.82, 2.24) is 10.4 Å². The number of thiocarbonyl (C=S) groups is 1. The van der Waals surface area contributed by atoms with Crippen molar-refractivity contribution in [1.29, 1.82) is 0 Å². The summed E-state index contributed by atoms with van der Waals surface area (Å²) in [5.41, 5.74) is 8.35. The van der Waals surface area contributed by atoms with E-state index in [-0.39, 0.29) is 0 Å². The number of para-hydroxylation sites is 1. The Hall–Kier alpha value is -2.66. The van der Waals surface area contributed by atoms with Crippen LogP contribution in [-0.4, -0.2) is 16.3 Å². The van der Waals surface area contributed by atoms with Crippen molar-refractivity contribution >= 4 is 40.1 Å². The van der Waals surface area contributed by atoms with Gasteiger partial charge in [-0.2, -0.15) is 5.10 Å². The number of hydrazone groups is 1. The average molecular weight is 322 g/mol. The van der Waals surface area contributed by atoms with Crippen LogP contribution in [0.15, 0.2) is 53.8 Å². The van der Waals surface area contributed by atoms with E-state index in [1.165, 1.54) is 11.1 Å². The van der Waals surface area contributed by atoms with Gasteiger partial charge in [-0.25, -0.2) is 0 Å². The smallest absolute Gasteiger partial charge is 0.191 e. The lowest BCUT2D eigenvalue weighted by Gasteiger charge is -2.11. The number of aromatic amines is 1. The number of aromatic nitrogens is 1. The molecule has 0 amide bonds. The van der Waals surface area contributed by atoms with Crippen LogP contribution in [0.1, 0.15) is 16.7 Å². The lowest BCUT2D eigenvalue weighted by molar-refractivity contribution is 1.05. The van der Waals surface area contributed by atoms with Gasteiger partial charge in [-0.1, -0.05) is 30.3 Å². The molecule has 1 aromatic heterocycles. The van der Waals surface area contributed by atoms with Gasteiger partial charge in [0.2, 0.25) is 0 Å². The first kappa shape index (κ1) is 15.2. The fraction of sp³-hybridized carbons (Fsp3) is 0.111. The molecule has 3 aromatic rings. The van der Waals surface area contributed by atoms with Gasteiger partial charge in [0.1, 0.15) is 0 Å². The Labute approximate surface area is 140 Å². The minimum absolute atomic E-state index is 0.467. The first-order valence-corrected chi connectivity index (χ1v) is 7.78. The van der Waals surface area contributed by atoms with Crippen molar-refractivity contribution in [3.63, 3.8) is 0 Å². The molecule has 0 radical (unpaired) electrons. The Balaban J connectivity index is 1.66. The second-order valence-electron chi connectivity index (χ2n) is 5.36. The highest BCUT2D eigenvalue weighted by molar-refractivity contribution is 7.80. The van der Waals surface area contributed by atoms with Crippen molar-refractivity contribution in [3.05, 3.63) is 65.4 Å². The van der Waals surface area contributed by atoms with E-state index in [2.05, 4.69) is 46.8 Å². The second kappa shape index (κ2) is 6.62. The number of hydrogen-bond donors (Lipinski definition) is 3. The number of rotatable bonds is 3. The number of nitrogens with one attached hydrogen (secondary N) is 3. The maximum absolute atomic E-state index is 5.29. The van der Waals surface area contributed by atoms with Crippen molar-refractivity contribution in [2.24, 2.45) is 5.10 Å². The van der Waals surface area contributed by atoms with Crippen LogP contribution in [0.5, 0.6) is 0 Å². The highest BCUT2D eigenvalue weighted by Gasteiger charge is 2.02. The van der Waals surface area contributed by atoms with Crippen LogP contribution in [-0.2, 0) is 0 Å². The molecule has 23 heavy (non-hydrogen) atoms. The summed E-state index contributed by atoms with van der Waals surface area (Å²) in [6.45, 7) is 4.14. The molecule has 5 heteroatoms.